The summed E-state index contributed by atoms with van der Waals surface area (Å²) in [6, 6.07) is 15.3. The molecular formula is C18H21NO. The van der Waals surface area contributed by atoms with E-state index in [-0.39, 0.29) is 6.61 Å². The maximum atomic E-state index is 9.48. The highest BCUT2D eigenvalue weighted by atomic mass is 16.3. The summed E-state index contributed by atoms with van der Waals surface area (Å²) in [5.74, 6) is 0.633. The maximum Gasteiger partial charge on any atom is 0.0687 e. The zero-order valence-electron chi connectivity index (χ0n) is 11.8. The van der Waals surface area contributed by atoms with Gasteiger partial charge in [0.05, 0.1) is 6.61 Å². The van der Waals surface area contributed by atoms with Gasteiger partial charge in [0.15, 0.2) is 0 Å². The highest BCUT2D eigenvalue weighted by molar-refractivity contribution is 5.68. The van der Waals surface area contributed by atoms with Crippen LogP contribution in [0.5, 0.6) is 0 Å². The normalized spacial score (nSPS) is 21.6. The predicted octanol–water partition coefficient (Wildman–Crippen LogP) is 3.36. The number of aryl methyl sites for hydroxylation is 1. The lowest BCUT2D eigenvalue weighted by molar-refractivity contribution is 0.282. The molecule has 1 aliphatic carbocycles. The second kappa shape index (κ2) is 5.39. The van der Waals surface area contributed by atoms with E-state index in [1.807, 2.05) is 12.1 Å². The first kappa shape index (κ1) is 13.3. The monoisotopic (exact) mass is 267 g/mol. The van der Waals surface area contributed by atoms with Gasteiger partial charge in [0.1, 0.15) is 0 Å². The lowest BCUT2D eigenvalue weighted by Gasteiger charge is -2.32. The Labute approximate surface area is 120 Å². The third kappa shape index (κ3) is 2.49. The summed E-state index contributed by atoms with van der Waals surface area (Å²) in [5.41, 5.74) is 11.7. The van der Waals surface area contributed by atoms with Crippen molar-refractivity contribution >= 4 is 0 Å². The molecule has 3 rings (SSSR count). The molecule has 20 heavy (non-hydrogen) atoms. The third-order valence-corrected chi connectivity index (χ3v) is 4.30. The molecule has 1 saturated carbocycles. The molecule has 1 aliphatic rings. The van der Waals surface area contributed by atoms with E-state index in [2.05, 4.69) is 37.3 Å². The highest BCUT2D eigenvalue weighted by Gasteiger charge is 2.26. The van der Waals surface area contributed by atoms with Gasteiger partial charge in [-0.2, -0.15) is 0 Å². The van der Waals surface area contributed by atoms with Crippen LogP contribution in [-0.4, -0.2) is 11.1 Å². The van der Waals surface area contributed by atoms with Crippen molar-refractivity contribution in [1.29, 1.82) is 0 Å². The highest BCUT2D eigenvalue weighted by Crippen LogP contribution is 2.36. The summed E-state index contributed by atoms with van der Waals surface area (Å²) in [4.78, 5) is 0. The number of hydrogen-bond acceptors (Lipinski definition) is 2. The van der Waals surface area contributed by atoms with Crippen molar-refractivity contribution in [3.05, 3.63) is 59.2 Å². The Balaban J connectivity index is 1.89. The summed E-state index contributed by atoms with van der Waals surface area (Å²) in [6.07, 6.45) is 2.21. The zero-order valence-corrected chi connectivity index (χ0v) is 11.8. The van der Waals surface area contributed by atoms with E-state index in [1.165, 1.54) is 16.7 Å². The van der Waals surface area contributed by atoms with E-state index in [1.54, 1.807) is 0 Å². The topological polar surface area (TPSA) is 46.2 Å². The standard InChI is InChI=1S/C18H21NO/c1-12-2-3-15(11-20)18(8-12)14-6-4-13(5-7-14)16-9-17(19)10-16/h2-8,16-17,20H,9-11,19H2,1H3. The summed E-state index contributed by atoms with van der Waals surface area (Å²) >= 11 is 0. The van der Waals surface area contributed by atoms with Crippen LogP contribution in [0, 0.1) is 6.92 Å². The van der Waals surface area contributed by atoms with E-state index < -0.39 is 0 Å². The number of aliphatic hydroxyl groups is 1. The van der Waals surface area contributed by atoms with Crippen molar-refractivity contribution in [3.8, 4) is 11.1 Å². The van der Waals surface area contributed by atoms with E-state index in [0.29, 0.717) is 12.0 Å². The molecule has 2 nitrogen and oxygen atoms in total. The molecule has 1 fully saturated rings. The van der Waals surface area contributed by atoms with E-state index >= 15 is 0 Å². The molecule has 2 heteroatoms. The average molecular weight is 267 g/mol. The quantitative estimate of drug-likeness (QED) is 0.895. The van der Waals surface area contributed by atoms with Crippen molar-refractivity contribution in [2.24, 2.45) is 5.73 Å². The number of benzene rings is 2. The molecule has 0 aromatic heterocycles. The van der Waals surface area contributed by atoms with Gasteiger partial charge in [-0.25, -0.2) is 0 Å². The fourth-order valence-corrected chi connectivity index (χ4v) is 2.97. The smallest absolute Gasteiger partial charge is 0.0687 e. The van der Waals surface area contributed by atoms with Gasteiger partial charge in [-0.3, -0.25) is 0 Å². The predicted molar refractivity (Wildman–Crippen MR) is 82.5 cm³/mol. The Bertz CT molecular complexity index is 597. The van der Waals surface area contributed by atoms with Crippen LogP contribution in [0.15, 0.2) is 42.5 Å². The van der Waals surface area contributed by atoms with Gasteiger partial charge in [-0.05, 0) is 47.9 Å². The Morgan fingerprint density at radius 2 is 1.80 bits per heavy atom. The molecule has 0 aliphatic heterocycles. The molecule has 0 radical (unpaired) electrons. The number of aliphatic hydroxyl groups excluding tert-OH is 1. The molecule has 0 heterocycles. The van der Waals surface area contributed by atoms with Crippen molar-refractivity contribution < 1.29 is 5.11 Å². The molecular weight excluding hydrogens is 246 g/mol. The van der Waals surface area contributed by atoms with Gasteiger partial charge >= 0.3 is 0 Å². The van der Waals surface area contributed by atoms with Gasteiger partial charge in [0.2, 0.25) is 0 Å². The van der Waals surface area contributed by atoms with Crippen LogP contribution in [-0.2, 0) is 6.61 Å². The fraction of sp³-hybridized carbons (Fsp3) is 0.333. The summed E-state index contributed by atoms with van der Waals surface area (Å²) < 4.78 is 0. The third-order valence-electron chi connectivity index (χ3n) is 4.30. The van der Waals surface area contributed by atoms with Gasteiger partial charge in [0.25, 0.3) is 0 Å². The average Bonchev–Trinajstić information content (AvgIpc) is 2.44. The van der Waals surface area contributed by atoms with Crippen LogP contribution >= 0.6 is 0 Å². The second-order valence-corrected chi connectivity index (χ2v) is 5.87. The Morgan fingerprint density at radius 3 is 2.40 bits per heavy atom. The zero-order chi connectivity index (χ0) is 14.1. The minimum absolute atomic E-state index is 0.0782. The van der Waals surface area contributed by atoms with Crippen LogP contribution in [0.4, 0.5) is 0 Å². The van der Waals surface area contributed by atoms with Crippen LogP contribution in [0.25, 0.3) is 11.1 Å². The number of rotatable bonds is 3. The summed E-state index contributed by atoms with van der Waals surface area (Å²) in [6.45, 7) is 2.16. The SMILES string of the molecule is Cc1ccc(CO)c(-c2ccc(C3CC(N)C3)cc2)c1. The molecule has 2 aromatic carbocycles. The first-order chi connectivity index (χ1) is 9.67. The fourth-order valence-electron chi connectivity index (χ4n) is 2.97. The first-order valence-corrected chi connectivity index (χ1v) is 7.23. The van der Waals surface area contributed by atoms with E-state index in [9.17, 15) is 5.11 Å². The largest absolute Gasteiger partial charge is 0.392 e. The van der Waals surface area contributed by atoms with Crippen LogP contribution in [0.3, 0.4) is 0 Å². The minimum Gasteiger partial charge on any atom is -0.392 e. The Hall–Kier alpha value is -1.64. The summed E-state index contributed by atoms with van der Waals surface area (Å²) in [7, 11) is 0. The molecule has 0 unspecified atom stereocenters. The van der Waals surface area contributed by atoms with E-state index in [0.717, 1.165) is 24.0 Å². The maximum absolute atomic E-state index is 9.48. The second-order valence-electron chi connectivity index (χ2n) is 5.87. The van der Waals surface area contributed by atoms with Crippen LogP contribution in [0.2, 0.25) is 0 Å². The van der Waals surface area contributed by atoms with Crippen molar-refractivity contribution in [2.75, 3.05) is 0 Å². The number of hydrogen-bond donors (Lipinski definition) is 2. The van der Waals surface area contributed by atoms with Crippen molar-refractivity contribution in [1.82, 2.24) is 0 Å². The molecule has 0 spiro atoms. The van der Waals surface area contributed by atoms with Gasteiger partial charge in [0, 0.05) is 6.04 Å². The Morgan fingerprint density at radius 1 is 1.10 bits per heavy atom. The molecule has 0 saturated heterocycles. The summed E-state index contributed by atoms with van der Waals surface area (Å²) in [5, 5.41) is 9.48. The molecule has 3 N–H and O–H groups in total. The Kier molecular flexibility index (Phi) is 3.60. The lowest BCUT2D eigenvalue weighted by atomic mass is 9.76. The van der Waals surface area contributed by atoms with Gasteiger partial charge in [-0.1, -0.05) is 48.0 Å². The van der Waals surface area contributed by atoms with E-state index in [4.69, 9.17) is 5.73 Å². The lowest BCUT2D eigenvalue weighted by Crippen LogP contribution is -2.34. The molecule has 0 bridgehead atoms. The van der Waals surface area contributed by atoms with Gasteiger partial charge in [-0.15, -0.1) is 0 Å². The van der Waals surface area contributed by atoms with Crippen molar-refractivity contribution in [3.63, 3.8) is 0 Å². The molecule has 104 valence electrons. The molecule has 2 aromatic rings. The van der Waals surface area contributed by atoms with Crippen LogP contribution < -0.4 is 5.73 Å². The first-order valence-electron chi connectivity index (χ1n) is 7.23. The number of nitrogens with two attached hydrogens (primary N) is 1. The van der Waals surface area contributed by atoms with Crippen molar-refractivity contribution in [2.45, 2.75) is 38.3 Å². The molecule has 0 amide bonds. The van der Waals surface area contributed by atoms with Gasteiger partial charge < -0.3 is 10.8 Å². The minimum atomic E-state index is 0.0782. The molecule has 0 atom stereocenters. The van der Waals surface area contributed by atoms with Crippen LogP contribution in [0.1, 0.15) is 35.4 Å².